The van der Waals surface area contributed by atoms with Crippen LogP contribution in [0.2, 0.25) is 0 Å². The van der Waals surface area contributed by atoms with Crippen LogP contribution >= 0.6 is 34.4 Å². The number of rotatable bonds is 5. The van der Waals surface area contributed by atoms with E-state index in [1.807, 2.05) is 39.0 Å². The molecule has 7 heteroatoms. The van der Waals surface area contributed by atoms with Crippen molar-refractivity contribution in [1.82, 2.24) is 9.97 Å². The van der Waals surface area contributed by atoms with Crippen LogP contribution in [0.4, 0.5) is 5.69 Å². The third-order valence-corrected chi connectivity index (χ3v) is 4.68. The van der Waals surface area contributed by atoms with Gasteiger partial charge in [0.15, 0.2) is 5.16 Å². The van der Waals surface area contributed by atoms with Gasteiger partial charge in [-0.1, -0.05) is 25.6 Å². The molecule has 0 radical (unpaired) electrons. The molecule has 0 unspecified atom stereocenters. The minimum atomic E-state index is -0.194. The molecule has 122 valence electrons. The van der Waals surface area contributed by atoms with Gasteiger partial charge in [0.25, 0.3) is 5.56 Å². The van der Waals surface area contributed by atoms with Gasteiger partial charge >= 0.3 is 0 Å². The second kappa shape index (κ2) is 7.96. The Morgan fingerprint density at radius 2 is 2.13 bits per heavy atom. The summed E-state index contributed by atoms with van der Waals surface area (Å²) < 4.78 is 1.12. The Balaban J connectivity index is 2.00. The number of nitrogens with zero attached hydrogens (tertiary/aromatic N) is 1. The van der Waals surface area contributed by atoms with E-state index in [-0.39, 0.29) is 23.1 Å². The van der Waals surface area contributed by atoms with Crippen molar-refractivity contribution in [2.24, 2.45) is 0 Å². The number of nitrogens with one attached hydrogen (secondary N) is 2. The summed E-state index contributed by atoms with van der Waals surface area (Å²) in [6, 6.07) is 7.33. The SMILES string of the molecule is Cc1cc(I)ccc1NC(=O)CSc1nc(C(C)C)cc(=O)[nH]1. The summed E-state index contributed by atoms with van der Waals surface area (Å²) in [6.45, 7) is 5.90. The lowest BCUT2D eigenvalue weighted by Gasteiger charge is -2.09. The van der Waals surface area contributed by atoms with Crippen LogP contribution < -0.4 is 10.9 Å². The number of aryl methyl sites for hydroxylation is 1. The molecule has 0 aliphatic heterocycles. The van der Waals surface area contributed by atoms with Gasteiger partial charge in [-0.15, -0.1) is 0 Å². The Hall–Kier alpha value is -1.35. The highest BCUT2D eigenvalue weighted by atomic mass is 127. The Kier molecular flexibility index (Phi) is 6.23. The van der Waals surface area contributed by atoms with Crippen LogP contribution in [0.5, 0.6) is 0 Å². The average Bonchev–Trinajstić information content (AvgIpc) is 2.47. The predicted octanol–water partition coefficient (Wildman–Crippen LogP) is 3.54. The number of thioether (sulfide) groups is 1. The van der Waals surface area contributed by atoms with Crippen LogP contribution in [-0.2, 0) is 4.79 Å². The van der Waals surface area contributed by atoms with Crippen LogP contribution in [0, 0.1) is 10.5 Å². The molecule has 1 aromatic heterocycles. The van der Waals surface area contributed by atoms with Gasteiger partial charge in [0, 0.05) is 15.3 Å². The maximum Gasteiger partial charge on any atom is 0.251 e. The number of hydrogen-bond donors (Lipinski definition) is 2. The van der Waals surface area contributed by atoms with Gasteiger partial charge in [0.1, 0.15) is 0 Å². The molecule has 1 amide bonds. The molecular formula is C16H18IN3O2S. The smallest absolute Gasteiger partial charge is 0.251 e. The summed E-state index contributed by atoms with van der Waals surface area (Å²) in [7, 11) is 0. The topological polar surface area (TPSA) is 74.8 Å². The van der Waals surface area contributed by atoms with E-state index in [2.05, 4.69) is 37.9 Å². The van der Waals surface area contributed by atoms with Crippen molar-refractivity contribution in [1.29, 1.82) is 0 Å². The molecule has 5 nitrogen and oxygen atoms in total. The Labute approximate surface area is 152 Å². The van der Waals surface area contributed by atoms with Gasteiger partial charge in [0.2, 0.25) is 5.91 Å². The zero-order chi connectivity index (χ0) is 17.0. The van der Waals surface area contributed by atoms with Crippen molar-refractivity contribution >= 4 is 45.9 Å². The number of aromatic nitrogens is 2. The number of H-pyrrole nitrogens is 1. The number of carbonyl (C=O) groups excluding carboxylic acids is 1. The first-order valence-electron chi connectivity index (χ1n) is 7.15. The van der Waals surface area contributed by atoms with Crippen molar-refractivity contribution in [2.45, 2.75) is 31.8 Å². The van der Waals surface area contributed by atoms with Crippen LogP contribution in [0.25, 0.3) is 0 Å². The summed E-state index contributed by atoms with van der Waals surface area (Å²) in [4.78, 5) is 30.7. The molecule has 2 N–H and O–H groups in total. The summed E-state index contributed by atoms with van der Waals surface area (Å²) in [5.41, 5.74) is 2.35. The summed E-state index contributed by atoms with van der Waals surface area (Å²) in [5.74, 6) is 0.229. The molecule has 0 atom stereocenters. The van der Waals surface area contributed by atoms with Crippen molar-refractivity contribution in [3.8, 4) is 0 Å². The molecule has 2 aromatic rings. The second-order valence-corrected chi connectivity index (χ2v) is 7.64. The van der Waals surface area contributed by atoms with Crippen molar-refractivity contribution in [3.05, 3.63) is 49.4 Å². The molecule has 0 bridgehead atoms. The first-order chi connectivity index (χ1) is 10.8. The minimum absolute atomic E-state index is 0.128. The van der Waals surface area contributed by atoms with E-state index >= 15 is 0 Å². The molecule has 0 aliphatic rings. The fourth-order valence-corrected chi connectivity index (χ4v) is 3.23. The van der Waals surface area contributed by atoms with Gasteiger partial charge in [-0.2, -0.15) is 0 Å². The van der Waals surface area contributed by atoms with Crippen molar-refractivity contribution in [3.63, 3.8) is 0 Å². The van der Waals surface area contributed by atoms with E-state index < -0.39 is 0 Å². The van der Waals surface area contributed by atoms with Crippen LogP contribution in [0.1, 0.15) is 31.0 Å². The highest BCUT2D eigenvalue weighted by molar-refractivity contribution is 14.1. The van der Waals surface area contributed by atoms with Crippen LogP contribution in [-0.4, -0.2) is 21.6 Å². The highest BCUT2D eigenvalue weighted by Gasteiger charge is 2.09. The quantitative estimate of drug-likeness (QED) is 0.421. The lowest BCUT2D eigenvalue weighted by atomic mass is 10.1. The molecule has 23 heavy (non-hydrogen) atoms. The number of amides is 1. The first kappa shape index (κ1) is 18.0. The van der Waals surface area contributed by atoms with Crippen LogP contribution in [0.15, 0.2) is 34.2 Å². The molecule has 1 aromatic carbocycles. The number of halogens is 1. The molecule has 1 heterocycles. The zero-order valence-electron chi connectivity index (χ0n) is 13.1. The minimum Gasteiger partial charge on any atom is -0.325 e. The van der Waals surface area contributed by atoms with Crippen molar-refractivity contribution in [2.75, 3.05) is 11.1 Å². The van der Waals surface area contributed by atoms with Crippen LogP contribution in [0.3, 0.4) is 0 Å². The Morgan fingerprint density at radius 1 is 1.39 bits per heavy atom. The van der Waals surface area contributed by atoms with E-state index in [1.54, 1.807) is 0 Å². The normalized spacial score (nSPS) is 10.8. The molecule has 0 fully saturated rings. The summed E-state index contributed by atoms with van der Waals surface area (Å²) in [6.07, 6.45) is 0. The average molecular weight is 443 g/mol. The number of anilines is 1. The van der Waals surface area contributed by atoms with E-state index in [4.69, 9.17) is 0 Å². The lowest BCUT2D eigenvalue weighted by Crippen LogP contribution is -2.16. The maximum atomic E-state index is 12.1. The fourth-order valence-electron chi connectivity index (χ4n) is 1.90. The molecule has 0 spiro atoms. The molecule has 0 saturated carbocycles. The third kappa shape index (κ3) is 5.35. The van der Waals surface area contributed by atoms with E-state index in [9.17, 15) is 9.59 Å². The largest absolute Gasteiger partial charge is 0.325 e. The van der Waals surface area contributed by atoms with Gasteiger partial charge in [-0.3, -0.25) is 9.59 Å². The van der Waals surface area contributed by atoms with Gasteiger partial charge < -0.3 is 10.3 Å². The zero-order valence-corrected chi connectivity index (χ0v) is 16.1. The van der Waals surface area contributed by atoms with Gasteiger partial charge in [-0.05, 0) is 59.2 Å². The Bertz CT molecular complexity index is 774. The summed E-state index contributed by atoms with van der Waals surface area (Å²) >= 11 is 3.45. The summed E-state index contributed by atoms with van der Waals surface area (Å²) in [5, 5.41) is 3.34. The van der Waals surface area contributed by atoms with E-state index in [0.717, 1.165) is 20.5 Å². The lowest BCUT2D eigenvalue weighted by molar-refractivity contribution is -0.113. The van der Waals surface area contributed by atoms with Gasteiger partial charge in [-0.25, -0.2) is 4.98 Å². The molecule has 0 aliphatic carbocycles. The standard InChI is InChI=1S/C16H18IN3O2S/c1-9(2)13-7-14(21)20-16(19-13)23-8-15(22)18-12-5-4-11(17)6-10(12)3/h4-7,9H,8H2,1-3H3,(H,18,22)(H,19,20,21). The maximum absolute atomic E-state index is 12.1. The second-order valence-electron chi connectivity index (χ2n) is 5.43. The number of carbonyl (C=O) groups is 1. The van der Waals surface area contributed by atoms with Crippen molar-refractivity contribution < 1.29 is 4.79 Å². The fraction of sp³-hybridized carbons (Fsp3) is 0.312. The third-order valence-electron chi connectivity index (χ3n) is 3.13. The Morgan fingerprint density at radius 3 is 2.78 bits per heavy atom. The van der Waals surface area contributed by atoms with E-state index in [0.29, 0.717) is 5.16 Å². The molecular weight excluding hydrogens is 425 g/mol. The van der Waals surface area contributed by atoms with Gasteiger partial charge in [0.05, 0.1) is 11.4 Å². The van der Waals surface area contributed by atoms with E-state index in [1.165, 1.54) is 17.8 Å². The molecule has 2 rings (SSSR count). The number of hydrogen-bond acceptors (Lipinski definition) is 4. The number of benzene rings is 1. The first-order valence-corrected chi connectivity index (χ1v) is 9.21. The molecule has 0 saturated heterocycles. The predicted molar refractivity (Wildman–Crippen MR) is 102 cm³/mol. The number of aromatic amines is 1. The monoisotopic (exact) mass is 443 g/mol. The highest BCUT2D eigenvalue weighted by Crippen LogP contribution is 2.19.